The number of nitrogens with zero attached hydrogens (tertiary/aromatic N) is 2. The van der Waals surface area contributed by atoms with Crippen molar-refractivity contribution in [2.24, 2.45) is 0 Å². The monoisotopic (exact) mass is 388 g/mol. The van der Waals surface area contributed by atoms with E-state index in [-0.39, 0.29) is 5.56 Å². The van der Waals surface area contributed by atoms with Crippen LogP contribution in [0.25, 0.3) is 0 Å². The average Bonchev–Trinajstić information content (AvgIpc) is 3.01. The molecule has 2 amide bonds. The Morgan fingerprint density at radius 1 is 1.23 bits per heavy atom. The highest BCUT2D eigenvalue weighted by atomic mass is 32.2. The lowest BCUT2D eigenvalue weighted by atomic mass is 10.2. The minimum Gasteiger partial charge on any atom is -0.345 e. The molecule has 0 aliphatic rings. The van der Waals surface area contributed by atoms with Crippen molar-refractivity contribution in [2.45, 2.75) is 23.7 Å². The maximum Gasteiger partial charge on any atom is 0.405 e. The molecule has 1 heterocycles. The predicted octanol–water partition coefficient (Wildman–Crippen LogP) is 2.08. The first-order valence-corrected chi connectivity index (χ1v) is 8.36. The zero-order valence-corrected chi connectivity index (χ0v) is 14.4. The number of hydrogen-bond donors (Lipinski definition) is 2. The number of benzene rings is 1. The Morgan fingerprint density at radius 2 is 1.96 bits per heavy atom. The minimum atomic E-state index is -4.50. The number of nitrogens with one attached hydrogen (secondary N) is 2. The number of aryl methyl sites for hydroxylation is 1. The van der Waals surface area contributed by atoms with Crippen molar-refractivity contribution in [1.82, 2.24) is 20.8 Å². The van der Waals surface area contributed by atoms with Gasteiger partial charge in [-0.05, 0) is 19.1 Å². The Labute approximate surface area is 150 Å². The van der Waals surface area contributed by atoms with E-state index in [4.69, 9.17) is 4.52 Å². The largest absolute Gasteiger partial charge is 0.405 e. The average molecular weight is 388 g/mol. The topological polar surface area (TPSA) is 97.1 Å². The minimum absolute atomic E-state index is 0.289. The molecular formula is C15H15F3N4O3S. The molecular weight excluding hydrogens is 373 g/mol. The fourth-order valence-corrected chi connectivity index (χ4v) is 2.72. The molecule has 0 saturated heterocycles. The van der Waals surface area contributed by atoms with Crippen molar-refractivity contribution < 1.29 is 27.3 Å². The first kappa shape index (κ1) is 19.8. The molecule has 2 aromatic rings. The molecule has 1 aromatic carbocycles. The molecule has 0 atom stereocenters. The zero-order chi connectivity index (χ0) is 19.2. The molecule has 1 aromatic heterocycles. The SMILES string of the molecule is Cc1noc(CSc2ccccc2C(=O)NCC(=O)NCC(F)(F)F)n1. The van der Waals surface area contributed by atoms with E-state index < -0.39 is 31.1 Å². The molecule has 26 heavy (non-hydrogen) atoms. The van der Waals surface area contributed by atoms with Crippen LogP contribution in [0.3, 0.4) is 0 Å². The van der Waals surface area contributed by atoms with Crippen LogP contribution in [0.4, 0.5) is 13.2 Å². The van der Waals surface area contributed by atoms with Crippen LogP contribution in [0.2, 0.25) is 0 Å². The van der Waals surface area contributed by atoms with Crippen LogP contribution in [-0.4, -0.2) is 41.2 Å². The normalized spacial score (nSPS) is 11.2. The zero-order valence-electron chi connectivity index (χ0n) is 13.6. The Bertz CT molecular complexity index is 779. The number of amides is 2. The molecule has 140 valence electrons. The van der Waals surface area contributed by atoms with Gasteiger partial charge in [-0.3, -0.25) is 9.59 Å². The Kier molecular flexibility index (Phi) is 6.61. The summed E-state index contributed by atoms with van der Waals surface area (Å²) in [6, 6.07) is 6.62. The highest BCUT2D eigenvalue weighted by Gasteiger charge is 2.27. The summed E-state index contributed by atoms with van der Waals surface area (Å²) in [5.41, 5.74) is 0.289. The van der Waals surface area contributed by atoms with Gasteiger partial charge >= 0.3 is 6.18 Å². The van der Waals surface area contributed by atoms with E-state index in [1.54, 1.807) is 36.5 Å². The number of carbonyl (C=O) groups is 2. The fourth-order valence-electron chi connectivity index (χ4n) is 1.84. The van der Waals surface area contributed by atoms with Gasteiger partial charge in [0, 0.05) is 4.90 Å². The van der Waals surface area contributed by atoms with Gasteiger partial charge in [-0.2, -0.15) is 18.2 Å². The first-order chi connectivity index (χ1) is 12.2. The van der Waals surface area contributed by atoms with Crippen molar-refractivity contribution in [3.05, 3.63) is 41.5 Å². The van der Waals surface area contributed by atoms with Crippen LogP contribution in [0.15, 0.2) is 33.7 Å². The van der Waals surface area contributed by atoms with E-state index in [0.29, 0.717) is 22.4 Å². The van der Waals surface area contributed by atoms with E-state index in [9.17, 15) is 22.8 Å². The molecule has 0 fully saturated rings. The molecule has 0 unspecified atom stereocenters. The lowest BCUT2D eigenvalue weighted by molar-refractivity contribution is -0.137. The van der Waals surface area contributed by atoms with Gasteiger partial charge in [0.1, 0.15) is 6.54 Å². The third kappa shape index (κ3) is 6.39. The molecule has 2 rings (SSSR count). The number of aromatic nitrogens is 2. The van der Waals surface area contributed by atoms with Gasteiger partial charge in [0.15, 0.2) is 5.82 Å². The van der Waals surface area contributed by atoms with Gasteiger partial charge < -0.3 is 15.2 Å². The van der Waals surface area contributed by atoms with Crippen molar-refractivity contribution in [1.29, 1.82) is 0 Å². The summed E-state index contributed by atoms with van der Waals surface area (Å²) in [7, 11) is 0. The number of halogens is 3. The van der Waals surface area contributed by atoms with Crippen LogP contribution >= 0.6 is 11.8 Å². The lowest BCUT2D eigenvalue weighted by Gasteiger charge is -2.10. The number of hydrogen-bond acceptors (Lipinski definition) is 6. The number of carbonyl (C=O) groups excluding carboxylic acids is 2. The third-order valence-electron chi connectivity index (χ3n) is 2.95. The van der Waals surface area contributed by atoms with Crippen molar-refractivity contribution in [3.63, 3.8) is 0 Å². The first-order valence-electron chi connectivity index (χ1n) is 7.37. The van der Waals surface area contributed by atoms with Crippen molar-refractivity contribution >= 4 is 23.6 Å². The molecule has 11 heteroatoms. The van der Waals surface area contributed by atoms with E-state index in [2.05, 4.69) is 15.5 Å². The maximum atomic E-state index is 12.2. The summed E-state index contributed by atoms with van der Waals surface area (Å²) in [5, 5.41) is 7.64. The molecule has 0 bridgehead atoms. The molecule has 2 N–H and O–H groups in total. The third-order valence-corrected chi connectivity index (χ3v) is 4.01. The molecule has 0 radical (unpaired) electrons. The molecule has 7 nitrogen and oxygen atoms in total. The van der Waals surface area contributed by atoms with E-state index in [1.165, 1.54) is 11.8 Å². The number of rotatable bonds is 7. The number of alkyl halides is 3. The number of thioether (sulfide) groups is 1. The standard InChI is InChI=1S/C15H15F3N4O3S/c1-9-21-13(25-22-9)7-26-11-5-3-2-4-10(11)14(24)19-6-12(23)20-8-15(16,17)18/h2-5H,6-8H2,1H3,(H,19,24)(H,20,23). The van der Waals surface area contributed by atoms with Crippen molar-refractivity contribution in [3.8, 4) is 0 Å². The second-order valence-electron chi connectivity index (χ2n) is 5.09. The Hall–Kier alpha value is -2.56. The van der Waals surface area contributed by atoms with Crippen molar-refractivity contribution in [2.75, 3.05) is 13.1 Å². The van der Waals surface area contributed by atoms with Gasteiger partial charge in [-0.1, -0.05) is 17.3 Å². The maximum absolute atomic E-state index is 12.2. The highest BCUT2D eigenvalue weighted by Crippen LogP contribution is 2.25. The van der Waals surface area contributed by atoms with Gasteiger partial charge in [0.25, 0.3) is 5.91 Å². The van der Waals surface area contributed by atoms with Gasteiger partial charge in [-0.15, -0.1) is 11.8 Å². The molecule has 0 saturated carbocycles. The smallest absolute Gasteiger partial charge is 0.345 e. The molecule has 0 aliphatic carbocycles. The summed E-state index contributed by atoms with van der Waals surface area (Å²) in [5.74, 6) is -0.262. The summed E-state index contributed by atoms with van der Waals surface area (Å²) in [6.45, 7) is -0.322. The predicted molar refractivity (Wildman–Crippen MR) is 86.4 cm³/mol. The van der Waals surface area contributed by atoms with Crippen LogP contribution in [0.1, 0.15) is 22.1 Å². The van der Waals surface area contributed by atoms with Crippen LogP contribution in [0, 0.1) is 6.92 Å². The Balaban J connectivity index is 1.91. The molecule has 0 aliphatic heterocycles. The van der Waals surface area contributed by atoms with Gasteiger partial charge in [0.05, 0.1) is 17.9 Å². The lowest BCUT2D eigenvalue weighted by Crippen LogP contribution is -2.41. The fraction of sp³-hybridized carbons (Fsp3) is 0.333. The van der Waals surface area contributed by atoms with Gasteiger partial charge in [0.2, 0.25) is 11.8 Å². The van der Waals surface area contributed by atoms with E-state index in [1.807, 2.05) is 0 Å². The van der Waals surface area contributed by atoms with E-state index >= 15 is 0 Å². The summed E-state index contributed by atoms with van der Waals surface area (Å²) in [4.78, 5) is 28.2. The van der Waals surface area contributed by atoms with Crippen LogP contribution in [0.5, 0.6) is 0 Å². The quantitative estimate of drug-likeness (QED) is 0.705. The van der Waals surface area contributed by atoms with E-state index in [0.717, 1.165) is 0 Å². The van der Waals surface area contributed by atoms with Gasteiger partial charge in [-0.25, -0.2) is 0 Å². The molecule has 0 spiro atoms. The summed E-state index contributed by atoms with van der Waals surface area (Å²) in [6.07, 6.45) is -4.50. The summed E-state index contributed by atoms with van der Waals surface area (Å²) >= 11 is 1.28. The Morgan fingerprint density at radius 3 is 2.62 bits per heavy atom. The second-order valence-corrected chi connectivity index (χ2v) is 6.11. The second kappa shape index (κ2) is 8.70. The van der Waals surface area contributed by atoms with Crippen LogP contribution < -0.4 is 10.6 Å². The summed E-state index contributed by atoms with van der Waals surface area (Å²) < 4.78 is 41.1. The van der Waals surface area contributed by atoms with Crippen LogP contribution in [-0.2, 0) is 10.5 Å². The highest BCUT2D eigenvalue weighted by molar-refractivity contribution is 7.98.